The number of hydrogen-bond acceptors (Lipinski definition) is 4. The van der Waals surface area contributed by atoms with E-state index in [1.807, 2.05) is 20.8 Å². The summed E-state index contributed by atoms with van der Waals surface area (Å²) in [5.74, 6) is -0.712. The lowest BCUT2D eigenvalue weighted by Crippen LogP contribution is -2.32. The van der Waals surface area contributed by atoms with Crippen LogP contribution < -0.4 is 11.1 Å². The largest absolute Gasteiger partial charge is 0.395 e. The number of nitrogens with zero attached hydrogens (tertiary/aromatic N) is 1. The van der Waals surface area contributed by atoms with Gasteiger partial charge in [0, 0.05) is 18.5 Å². The summed E-state index contributed by atoms with van der Waals surface area (Å²) in [6, 6.07) is 2.09. The number of Topliss-reactive ketones (excluding diaryl/α,β-unsaturated/α-hetero) is 1. The Balaban J connectivity index is 5.33. The SMILES string of the molecule is C=CCCNC(=O)/C(=C(\N)C(=O)/C(C)=C/C(C)CCC#N)C(C)C. The van der Waals surface area contributed by atoms with Gasteiger partial charge < -0.3 is 11.1 Å². The van der Waals surface area contributed by atoms with Crippen molar-refractivity contribution in [2.45, 2.75) is 47.0 Å². The lowest BCUT2D eigenvalue weighted by Gasteiger charge is -2.15. The van der Waals surface area contributed by atoms with Crippen LogP contribution in [0.25, 0.3) is 0 Å². The summed E-state index contributed by atoms with van der Waals surface area (Å²) in [6.07, 6.45) is 5.29. The van der Waals surface area contributed by atoms with Crippen molar-refractivity contribution in [1.82, 2.24) is 5.32 Å². The first-order valence-electron chi connectivity index (χ1n) is 8.25. The van der Waals surface area contributed by atoms with E-state index in [-0.39, 0.29) is 29.2 Å². The number of rotatable bonds is 10. The van der Waals surface area contributed by atoms with Crippen molar-refractivity contribution >= 4 is 11.7 Å². The molecular weight excluding hydrogens is 302 g/mol. The van der Waals surface area contributed by atoms with Gasteiger partial charge in [0.05, 0.1) is 11.8 Å². The van der Waals surface area contributed by atoms with Crippen LogP contribution in [0.2, 0.25) is 0 Å². The summed E-state index contributed by atoms with van der Waals surface area (Å²) in [5, 5.41) is 11.4. The summed E-state index contributed by atoms with van der Waals surface area (Å²) in [7, 11) is 0. The van der Waals surface area contributed by atoms with Crippen molar-refractivity contribution in [3.05, 3.63) is 35.6 Å². The molecule has 0 bridgehead atoms. The van der Waals surface area contributed by atoms with Gasteiger partial charge in [0.15, 0.2) is 0 Å². The second-order valence-electron chi connectivity index (χ2n) is 6.17. The smallest absolute Gasteiger partial charge is 0.249 e. The number of nitrogens with one attached hydrogen (secondary N) is 1. The van der Waals surface area contributed by atoms with Gasteiger partial charge in [0.1, 0.15) is 0 Å². The summed E-state index contributed by atoms with van der Waals surface area (Å²) in [6.45, 7) is 11.4. The normalized spacial score (nSPS) is 13.8. The second kappa shape index (κ2) is 11.2. The topological polar surface area (TPSA) is 96.0 Å². The average molecular weight is 331 g/mol. The molecule has 1 unspecified atom stereocenters. The molecule has 0 spiro atoms. The number of hydrogen-bond donors (Lipinski definition) is 2. The lowest BCUT2D eigenvalue weighted by atomic mass is 9.94. The molecule has 0 aromatic rings. The maximum atomic E-state index is 12.5. The predicted octanol–water partition coefficient (Wildman–Crippen LogP) is 3.00. The number of carbonyl (C=O) groups excluding carboxylic acids is 2. The van der Waals surface area contributed by atoms with Gasteiger partial charge in [0.2, 0.25) is 11.7 Å². The van der Waals surface area contributed by atoms with Crippen LogP contribution in [0, 0.1) is 23.2 Å². The molecule has 0 aliphatic rings. The van der Waals surface area contributed by atoms with E-state index >= 15 is 0 Å². The Morgan fingerprint density at radius 2 is 1.96 bits per heavy atom. The summed E-state index contributed by atoms with van der Waals surface area (Å²) < 4.78 is 0. The van der Waals surface area contributed by atoms with Gasteiger partial charge in [-0.1, -0.05) is 32.9 Å². The molecule has 0 fully saturated rings. The monoisotopic (exact) mass is 331 g/mol. The fourth-order valence-electron chi connectivity index (χ4n) is 2.29. The summed E-state index contributed by atoms with van der Waals surface area (Å²) in [4.78, 5) is 24.8. The minimum absolute atomic E-state index is 0.0117. The van der Waals surface area contributed by atoms with E-state index in [9.17, 15) is 9.59 Å². The Hall–Kier alpha value is -2.35. The number of nitriles is 1. The quantitative estimate of drug-likeness (QED) is 0.365. The zero-order chi connectivity index (χ0) is 18.7. The third-order valence-electron chi connectivity index (χ3n) is 3.59. The molecule has 1 amide bonds. The number of carbonyl (C=O) groups is 2. The number of amides is 1. The van der Waals surface area contributed by atoms with Crippen LogP contribution in [0.3, 0.4) is 0 Å². The van der Waals surface area contributed by atoms with Crippen molar-refractivity contribution < 1.29 is 9.59 Å². The van der Waals surface area contributed by atoms with Gasteiger partial charge in [-0.2, -0.15) is 5.26 Å². The average Bonchev–Trinajstić information content (AvgIpc) is 2.51. The van der Waals surface area contributed by atoms with Gasteiger partial charge in [0.25, 0.3) is 0 Å². The maximum Gasteiger partial charge on any atom is 0.249 e. The zero-order valence-electron chi connectivity index (χ0n) is 15.2. The Labute approximate surface area is 145 Å². The molecule has 0 rings (SSSR count). The molecule has 5 heteroatoms. The predicted molar refractivity (Wildman–Crippen MR) is 96.7 cm³/mol. The second-order valence-corrected chi connectivity index (χ2v) is 6.17. The van der Waals surface area contributed by atoms with Gasteiger partial charge in [-0.15, -0.1) is 6.58 Å². The van der Waals surface area contributed by atoms with Crippen molar-refractivity contribution in [2.24, 2.45) is 17.6 Å². The van der Waals surface area contributed by atoms with Gasteiger partial charge in [-0.05, 0) is 37.2 Å². The van der Waals surface area contributed by atoms with Crippen LogP contribution in [-0.4, -0.2) is 18.2 Å². The van der Waals surface area contributed by atoms with E-state index in [1.54, 1.807) is 19.1 Å². The summed E-state index contributed by atoms with van der Waals surface area (Å²) in [5.41, 5.74) is 6.79. The van der Waals surface area contributed by atoms with Crippen LogP contribution in [0.4, 0.5) is 0 Å². The Morgan fingerprint density at radius 1 is 1.33 bits per heavy atom. The molecule has 0 aliphatic heterocycles. The molecule has 5 nitrogen and oxygen atoms in total. The molecule has 0 saturated heterocycles. The first kappa shape index (κ1) is 21.6. The Kier molecular flexibility index (Phi) is 10.1. The lowest BCUT2D eigenvalue weighted by molar-refractivity contribution is -0.119. The van der Waals surface area contributed by atoms with Crippen LogP contribution in [0.15, 0.2) is 35.6 Å². The van der Waals surface area contributed by atoms with E-state index in [2.05, 4.69) is 18.0 Å². The maximum absolute atomic E-state index is 12.5. The highest BCUT2D eigenvalue weighted by Gasteiger charge is 2.22. The molecule has 0 aromatic heterocycles. The molecule has 0 aromatic carbocycles. The number of allylic oxidation sites excluding steroid dienone is 2. The van der Waals surface area contributed by atoms with Gasteiger partial charge in [-0.3, -0.25) is 9.59 Å². The van der Waals surface area contributed by atoms with Crippen LogP contribution in [0.1, 0.15) is 47.0 Å². The molecule has 0 heterocycles. The first-order chi connectivity index (χ1) is 11.3. The van der Waals surface area contributed by atoms with Gasteiger partial charge in [-0.25, -0.2) is 0 Å². The molecule has 3 N–H and O–H groups in total. The van der Waals surface area contributed by atoms with Crippen molar-refractivity contribution in [1.29, 1.82) is 5.26 Å². The van der Waals surface area contributed by atoms with E-state index in [0.29, 0.717) is 37.0 Å². The standard InChI is InChI=1S/C19H29N3O2/c1-6-7-11-22-19(24)16(13(2)3)17(21)18(23)15(5)12-14(4)9-8-10-20/h6,12-14H,1,7-9,11,21H2,2-5H3,(H,22,24)/b15-12+,17-16-. The van der Waals surface area contributed by atoms with Crippen molar-refractivity contribution in [3.8, 4) is 6.07 Å². The fourth-order valence-corrected chi connectivity index (χ4v) is 2.29. The van der Waals surface area contributed by atoms with Crippen LogP contribution in [-0.2, 0) is 9.59 Å². The van der Waals surface area contributed by atoms with Crippen LogP contribution >= 0.6 is 0 Å². The fraction of sp³-hybridized carbons (Fsp3) is 0.526. The molecule has 0 saturated carbocycles. The Morgan fingerprint density at radius 3 is 2.46 bits per heavy atom. The highest BCUT2D eigenvalue weighted by molar-refractivity contribution is 6.12. The first-order valence-corrected chi connectivity index (χ1v) is 8.25. The minimum atomic E-state index is -0.332. The van der Waals surface area contributed by atoms with E-state index < -0.39 is 0 Å². The molecule has 132 valence electrons. The highest BCUT2D eigenvalue weighted by atomic mass is 16.2. The van der Waals surface area contributed by atoms with Crippen LogP contribution in [0.5, 0.6) is 0 Å². The number of nitrogens with two attached hydrogens (primary N) is 1. The van der Waals surface area contributed by atoms with E-state index in [0.717, 1.165) is 0 Å². The van der Waals surface area contributed by atoms with Crippen molar-refractivity contribution in [2.75, 3.05) is 6.54 Å². The molecule has 0 radical (unpaired) electrons. The summed E-state index contributed by atoms with van der Waals surface area (Å²) >= 11 is 0. The Bertz CT molecular complexity index is 566. The molecular formula is C19H29N3O2. The number of ketones is 1. The molecule has 0 aliphatic carbocycles. The molecule has 24 heavy (non-hydrogen) atoms. The minimum Gasteiger partial charge on any atom is -0.395 e. The molecule has 1 atom stereocenters. The highest BCUT2D eigenvalue weighted by Crippen LogP contribution is 2.17. The third kappa shape index (κ3) is 7.28. The van der Waals surface area contributed by atoms with E-state index in [4.69, 9.17) is 11.0 Å². The van der Waals surface area contributed by atoms with Crippen molar-refractivity contribution in [3.63, 3.8) is 0 Å². The zero-order valence-corrected chi connectivity index (χ0v) is 15.2. The van der Waals surface area contributed by atoms with Gasteiger partial charge >= 0.3 is 0 Å². The van der Waals surface area contributed by atoms with E-state index in [1.165, 1.54) is 0 Å². The third-order valence-corrected chi connectivity index (χ3v) is 3.59.